The minimum absolute atomic E-state index is 0.0584. The molecule has 0 fully saturated rings. The highest BCUT2D eigenvalue weighted by atomic mass is 19.1. The lowest BCUT2D eigenvalue weighted by Crippen LogP contribution is -2.22. The molecule has 3 rings (SSSR count). The molecule has 1 amide bonds. The van der Waals surface area contributed by atoms with Gasteiger partial charge in [0.25, 0.3) is 5.91 Å². The molecule has 0 saturated carbocycles. The molecule has 3 aromatic carbocycles. The van der Waals surface area contributed by atoms with Crippen LogP contribution >= 0.6 is 0 Å². The molecular weight excluding hydrogens is 369 g/mol. The van der Waals surface area contributed by atoms with E-state index in [9.17, 15) is 14.0 Å². The average molecular weight is 391 g/mol. The lowest BCUT2D eigenvalue weighted by Gasteiger charge is -2.17. The summed E-state index contributed by atoms with van der Waals surface area (Å²) in [5.41, 5.74) is 2.78. The van der Waals surface area contributed by atoms with Gasteiger partial charge in [-0.1, -0.05) is 66.7 Å². The minimum Gasteiger partial charge on any atom is -0.456 e. The summed E-state index contributed by atoms with van der Waals surface area (Å²) in [6, 6.07) is 23.8. The molecule has 0 spiro atoms. The van der Waals surface area contributed by atoms with Crippen molar-refractivity contribution in [3.05, 3.63) is 101 Å². The van der Waals surface area contributed by atoms with E-state index in [2.05, 4.69) is 5.32 Å². The molecule has 5 heteroatoms. The number of carbonyl (C=O) groups excluding carboxylic acids is 2. The van der Waals surface area contributed by atoms with Crippen LogP contribution in [0.3, 0.4) is 0 Å². The zero-order valence-corrected chi connectivity index (χ0v) is 16.1. The summed E-state index contributed by atoms with van der Waals surface area (Å²) in [6.45, 7) is 1.29. The predicted molar refractivity (Wildman–Crippen MR) is 110 cm³/mol. The van der Waals surface area contributed by atoms with Crippen LogP contribution in [0, 0.1) is 12.7 Å². The van der Waals surface area contributed by atoms with Gasteiger partial charge in [-0.2, -0.15) is 0 Å². The number of carbonyl (C=O) groups is 2. The van der Waals surface area contributed by atoms with Gasteiger partial charge in [0.2, 0.25) is 0 Å². The smallest absolute Gasteiger partial charge is 0.307 e. The van der Waals surface area contributed by atoms with Crippen LogP contribution in [-0.2, 0) is 14.3 Å². The maximum Gasteiger partial charge on any atom is 0.307 e. The maximum absolute atomic E-state index is 13.8. The predicted octanol–water partition coefficient (Wildman–Crippen LogP) is 4.84. The molecule has 0 aliphatic carbocycles. The van der Waals surface area contributed by atoms with Gasteiger partial charge in [0.1, 0.15) is 5.82 Å². The fourth-order valence-corrected chi connectivity index (χ4v) is 3.08. The second-order valence-electron chi connectivity index (χ2n) is 6.77. The Balaban J connectivity index is 1.61. The van der Waals surface area contributed by atoms with Crippen LogP contribution in [0.25, 0.3) is 0 Å². The average Bonchev–Trinajstić information content (AvgIpc) is 2.74. The van der Waals surface area contributed by atoms with Gasteiger partial charge in [0.15, 0.2) is 6.61 Å². The molecular formula is C24H22FNO3. The molecule has 29 heavy (non-hydrogen) atoms. The molecule has 0 bridgehead atoms. The number of benzene rings is 3. The Morgan fingerprint density at radius 1 is 0.931 bits per heavy atom. The van der Waals surface area contributed by atoms with E-state index in [1.807, 2.05) is 60.7 Å². The SMILES string of the molecule is Cc1ccc(NC(=O)COC(=O)CC(c2ccccc2)c2ccccc2)c(F)c1. The summed E-state index contributed by atoms with van der Waals surface area (Å²) >= 11 is 0. The van der Waals surface area contributed by atoms with Gasteiger partial charge in [-0.15, -0.1) is 0 Å². The Bertz CT molecular complexity index is 934. The minimum atomic E-state index is -0.586. The van der Waals surface area contributed by atoms with Crippen LogP contribution in [0.5, 0.6) is 0 Å². The van der Waals surface area contributed by atoms with Gasteiger partial charge < -0.3 is 10.1 Å². The third kappa shape index (κ3) is 5.75. The molecule has 0 unspecified atom stereocenters. The van der Waals surface area contributed by atoms with E-state index in [0.717, 1.165) is 16.7 Å². The van der Waals surface area contributed by atoms with Crippen LogP contribution in [0.1, 0.15) is 29.0 Å². The molecule has 0 radical (unpaired) electrons. The normalized spacial score (nSPS) is 10.6. The van der Waals surface area contributed by atoms with Crippen molar-refractivity contribution in [1.82, 2.24) is 0 Å². The molecule has 3 aromatic rings. The molecule has 0 atom stereocenters. The van der Waals surface area contributed by atoms with Gasteiger partial charge in [0.05, 0.1) is 12.1 Å². The van der Waals surface area contributed by atoms with E-state index in [1.165, 1.54) is 12.1 Å². The van der Waals surface area contributed by atoms with Gasteiger partial charge in [0, 0.05) is 5.92 Å². The van der Waals surface area contributed by atoms with E-state index in [-0.39, 0.29) is 18.0 Å². The van der Waals surface area contributed by atoms with Crippen LogP contribution in [0.4, 0.5) is 10.1 Å². The first-order chi connectivity index (χ1) is 14.0. The third-order valence-corrected chi connectivity index (χ3v) is 4.54. The lowest BCUT2D eigenvalue weighted by atomic mass is 9.89. The van der Waals surface area contributed by atoms with Crippen LogP contribution in [0.15, 0.2) is 78.9 Å². The Kier molecular flexibility index (Phi) is 6.74. The van der Waals surface area contributed by atoms with Crippen molar-refractivity contribution in [1.29, 1.82) is 0 Å². The van der Waals surface area contributed by atoms with Gasteiger partial charge in [-0.3, -0.25) is 9.59 Å². The maximum atomic E-state index is 13.8. The van der Waals surface area contributed by atoms with Crippen molar-refractivity contribution in [2.45, 2.75) is 19.3 Å². The molecule has 0 aliphatic heterocycles. The second-order valence-corrected chi connectivity index (χ2v) is 6.77. The summed E-state index contributed by atoms with van der Waals surface area (Å²) in [7, 11) is 0. The Hall–Kier alpha value is -3.47. The van der Waals surface area contributed by atoms with E-state index in [0.29, 0.717) is 0 Å². The number of halogens is 1. The monoisotopic (exact) mass is 391 g/mol. The van der Waals surface area contributed by atoms with Crippen molar-refractivity contribution < 1.29 is 18.7 Å². The summed E-state index contributed by atoms with van der Waals surface area (Å²) in [5.74, 6) is -1.79. The number of ether oxygens (including phenoxy) is 1. The molecule has 0 aliphatic rings. The Morgan fingerprint density at radius 2 is 1.52 bits per heavy atom. The van der Waals surface area contributed by atoms with Gasteiger partial charge in [-0.25, -0.2) is 4.39 Å². The number of hydrogen-bond donors (Lipinski definition) is 1. The molecule has 0 aromatic heterocycles. The fraction of sp³-hybridized carbons (Fsp3) is 0.167. The first-order valence-electron chi connectivity index (χ1n) is 9.34. The lowest BCUT2D eigenvalue weighted by molar-refractivity contribution is -0.147. The third-order valence-electron chi connectivity index (χ3n) is 4.54. The molecule has 4 nitrogen and oxygen atoms in total. The zero-order chi connectivity index (χ0) is 20.6. The van der Waals surface area contributed by atoms with Crippen molar-refractivity contribution >= 4 is 17.6 Å². The summed E-state index contributed by atoms with van der Waals surface area (Å²) < 4.78 is 19.0. The largest absolute Gasteiger partial charge is 0.456 e. The highest BCUT2D eigenvalue weighted by Crippen LogP contribution is 2.28. The summed E-state index contributed by atoms with van der Waals surface area (Å²) in [4.78, 5) is 24.4. The van der Waals surface area contributed by atoms with Crippen molar-refractivity contribution in [2.75, 3.05) is 11.9 Å². The fourth-order valence-electron chi connectivity index (χ4n) is 3.08. The van der Waals surface area contributed by atoms with E-state index in [1.54, 1.807) is 13.0 Å². The molecule has 148 valence electrons. The van der Waals surface area contributed by atoms with E-state index in [4.69, 9.17) is 4.74 Å². The number of rotatable bonds is 7. The summed E-state index contributed by atoms with van der Waals surface area (Å²) in [5, 5.41) is 2.42. The van der Waals surface area contributed by atoms with Crippen LogP contribution < -0.4 is 5.32 Å². The quantitative estimate of drug-likeness (QED) is 0.587. The second kappa shape index (κ2) is 9.64. The van der Waals surface area contributed by atoms with Crippen molar-refractivity contribution in [3.63, 3.8) is 0 Å². The number of aryl methyl sites for hydroxylation is 1. The number of anilines is 1. The Labute approximate surface area is 169 Å². The van der Waals surface area contributed by atoms with E-state index < -0.39 is 24.3 Å². The van der Waals surface area contributed by atoms with Gasteiger partial charge in [-0.05, 0) is 35.7 Å². The number of hydrogen-bond acceptors (Lipinski definition) is 3. The molecule has 0 saturated heterocycles. The zero-order valence-electron chi connectivity index (χ0n) is 16.1. The Morgan fingerprint density at radius 3 is 2.07 bits per heavy atom. The van der Waals surface area contributed by atoms with Crippen LogP contribution in [-0.4, -0.2) is 18.5 Å². The summed E-state index contributed by atoms with van der Waals surface area (Å²) in [6.07, 6.45) is 0.0974. The van der Waals surface area contributed by atoms with Gasteiger partial charge >= 0.3 is 5.97 Å². The highest BCUT2D eigenvalue weighted by molar-refractivity contribution is 5.93. The highest BCUT2D eigenvalue weighted by Gasteiger charge is 2.20. The standard InChI is InChI=1S/C24H22FNO3/c1-17-12-13-22(21(25)14-17)26-23(27)16-29-24(28)15-20(18-8-4-2-5-9-18)19-10-6-3-7-11-19/h2-14,20H,15-16H2,1H3,(H,26,27). The topological polar surface area (TPSA) is 55.4 Å². The first-order valence-corrected chi connectivity index (χ1v) is 9.34. The van der Waals surface area contributed by atoms with E-state index >= 15 is 0 Å². The van der Waals surface area contributed by atoms with Crippen molar-refractivity contribution in [2.24, 2.45) is 0 Å². The first kappa shape index (κ1) is 20.3. The molecule has 1 N–H and O–H groups in total. The number of nitrogens with one attached hydrogen (secondary N) is 1. The number of amides is 1. The van der Waals surface area contributed by atoms with Crippen LogP contribution in [0.2, 0.25) is 0 Å². The van der Waals surface area contributed by atoms with Crippen molar-refractivity contribution in [3.8, 4) is 0 Å². The number of esters is 1. The molecule has 0 heterocycles.